The van der Waals surface area contributed by atoms with Gasteiger partial charge in [-0.25, -0.2) is 4.39 Å². The second kappa shape index (κ2) is 4.41. The number of hydrogen-bond donors (Lipinski definition) is 0. The maximum atomic E-state index is 12.6. The van der Waals surface area contributed by atoms with Crippen molar-refractivity contribution in [2.45, 2.75) is 6.17 Å². The summed E-state index contributed by atoms with van der Waals surface area (Å²) in [5.41, 5.74) is 0.520. The molecule has 1 aliphatic heterocycles. The van der Waals surface area contributed by atoms with Crippen LogP contribution in [0.25, 0.3) is 0 Å². The minimum atomic E-state index is -0.874. The number of likely N-dealkylation sites (tertiary alicyclic amines) is 1. The lowest BCUT2D eigenvalue weighted by Crippen LogP contribution is -2.51. The van der Waals surface area contributed by atoms with E-state index in [-0.39, 0.29) is 19.0 Å². The Labute approximate surface area is 101 Å². The molecule has 0 N–H and O–H groups in total. The normalized spacial score (nSPS) is 15.8. The molecule has 0 unspecified atom stereocenters. The first kappa shape index (κ1) is 11.4. The van der Waals surface area contributed by atoms with E-state index in [2.05, 4.69) is 15.9 Å². The van der Waals surface area contributed by atoms with E-state index < -0.39 is 6.17 Å². The average Bonchev–Trinajstić information content (AvgIpc) is 2.24. The van der Waals surface area contributed by atoms with Gasteiger partial charge in [0, 0.05) is 5.56 Å². The lowest BCUT2D eigenvalue weighted by atomic mass is 10.1. The lowest BCUT2D eigenvalue weighted by molar-refractivity contribution is 0.0400. The predicted octanol–water partition coefficient (Wildman–Crippen LogP) is 2.25. The predicted molar refractivity (Wildman–Crippen MR) is 61.5 cm³/mol. The highest BCUT2D eigenvalue weighted by molar-refractivity contribution is 9.10. The molecule has 1 saturated heterocycles. The fourth-order valence-electron chi connectivity index (χ4n) is 1.57. The molecular formula is C11H11BrFNO2. The number of benzene rings is 1. The van der Waals surface area contributed by atoms with Crippen molar-refractivity contribution < 1.29 is 13.9 Å². The second-order valence-corrected chi connectivity index (χ2v) is 4.51. The summed E-state index contributed by atoms with van der Waals surface area (Å²) in [4.78, 5) is 13.3. The number of alkyl halides is 1. The largest absolute Gasteiger partial charge is 0.496 e. The monoisotopic (exact) mass is 287 g/mol. The molecule has 1 heterocycles. The van der Waals surface area contributed by atoms with E-state index in [9.17, 15) is 9.18 Å². The Hall–Kier alpha value is -1.10. The zero-order valence-electron chi connectivity index (χ0n) is 8.74. The zero-order valence-corrected chi connectivity index (χ0v) is 10.3. The van der Waals surface area contributed by atoms with Crippen LogP contribution in [0.3, 0.4) is 0 Å². The fourth-order valence-corrected chi connectivity index (χ4v) is 1.97. The van der Waals surface area contributed by atoms with Crippen molar-refractivity contribution in [2.24, 2.45) is 0 Å². The van der Waals surface area contributed by atoms with Gasteiger partial charge in [0.2, 0.25) is 0 Å². The summed E-state index contributed by atoms with van der Waals surface area (Å²) >= 11 is 3.31. The summed E-state index contributed by atoms with van der Waals surface area (Å²) < 4.78 is 18.5. The van der Waals surface area contributed by atoms with Gasteiger partial charge in [0.15, 0.2) is 0 Å². The number of carbonyl (C=O) groups is 1. The van der Waals surface area contributed by atoms with Crippen molar-refractivity contribution in [3.8, 4) is 5.75 Å². The first-order valence-electron chi connectivity index (χ1n) is 4.88. The molecule has 0 aromatic heterocycles. The van der Waals surface area contributed by atoms with Crippen LogP contribution in [0.2, 0.25) is 0 Å². The fraction of sp³-hybridized carbons (Fsp3) is 0.364. The Balaban J connectivity index is 2.17. The summed E-state index contributed by atoms with van der Waals surface area (Å²) in [5, 5.41) is 0. The van der Waals surface area contributed by atoms with E-state index in [1.54, 1.807) is 18.2 Å². The van der Waals surface area contributed by atoms with E-state index in [1.807, 2.05) is 0 Å². The Morgan fingerprint density at radius 1 is 1.56 bits per heavy atom. The molecule has 1 aliphatic rings. The first-order chi connectivity index (χ1) is 7.61. The van der Waals surface area contributed by atoms with Crippen molar-refractivity contribution in [3.63, 3.8) is 0 Å². The minimum absolute atomic E-state index is 0.153. The second-order valence-electron chi connectivity index (χ2n) is 3.66. The molecule has 0 aliphatic carbocycles. The molecule has 1 fully saturated rings. The summed E-state index contributed by atoms with van der Waals surface area (Å²) in [5.74, 6) is 0.447. The Morgan fingerprint density at radius 2 is 2.25 bits per heavy atom. The molecule has 1 amide bonds. The topological polar surface area (TPSA) is 29.5 Å². The van der Waals surface area contributed by atoms with Gasteiger partial charge in [0.25, 0.3) is 5.91 Å². The van der Waals surface area contributed by atoms with Crippen LogP contribution in [-0.4, -0.2) is 37.2 Å². The van der Waals surface area contributed by atoms with Crippen molar-refractivity contribution in [2.75, 3.05) is 20.2 Å². The van der Waals surface area contributed by atoms with Crippen LogP contribution >= 0.6 is 15.9 Å². The molecular weight excluding hydrogens is 277 g/mol. The number of rotatable bonds is 2. The molecule has 0 atom stereocenters. The number of hydrogen-bond acceptors (Lipinski definition) is 2. The van der Waals surface area contributed by atoms with Gasteiger partial charge in [-0.1, -0.05) is 0 Å². The quantitative estimate of drug-likeness (QED) is 0.835. The molecule has 1 aromatic rings. The van der Waals surface area contributed by atoms with Crippen molar-refractivity contribution in [1.29, 1.82) is 0 Å². The molecule has 16 heavy (non-hydrogen) atoms. The SMILES string of the molecule is COc1cc(C(=O)N2CC(F)C2)ccc1Br. The van der Waals surface area contributed by atoms with E-state index in [0.717, 1.165) is 4.47 Å². The summed E-state index contributed by atoms with van der Waals surface area (Å²) in [6.07, 6.45) is -0.874. The molecule has 5 heteroatoms. The van der Waals surface area contributed by atoms with Crippen LogP contribution in [-0.2, 0) is 0 Å². The third-order valence-corrected chi connectivity index (χ3v) is 3.18. The van der Waals surface area contributed by atoms with Crippen molar-refractivity contribution in [3.05, 3.63) is 28.2 Å². The highest BCUT2D eigenvalue weighted by Crippen LogP contribution is 2.27. The van der Waals surface area contributed by atoms with Crippen LogP contribution in [0.4, 0.5) is 4.39 Å². The summed E-state index contributed by atoms with van der Waals surface area (Å²) in [7, 11) is 1.54. The van der Waals surface area contributed by atoms with Gasteiger partial charge in [-0.3, -0.25) is 4.79 Å². The Morgan fingerprint density at radius 3 is 2.81 bits per heavy atom. The standard InChI is InChI=1S/C11H11BrFNO2/c1-16-10-4-7(2-3-9(10)12)11(15)14-5-8(13)6-14/h2-4,8H,5-6H2,1H3. The molecule has 0 bridgehead atoms. The molecule has 3 nitrogen and oxygen atoms in total. The number of amides is 1. The maximum Gasteiger partial charge on any atom is 0.254 e. The zero-order chi connectivity index (χ0) is 11.7. The van der Waals surface area contributed by atoms with Gasteiger partial charge in [0.05, 0.1) is 24.7 Å². The summed E-state index contributed by atoms with van der Waals surface area (Å²) in [6.45, 7) is 0.383. The van der Waals surface area contributed by atoms with Gasteiger partial charge in [-0.2, -0.15) is 0 Å². The van der Waals surface area contributed by atoms with E-state index in [4.69, 9.17) is 4.74 Å². The number of carbonyl (C=O) groups excluding carboxylic acids is 1. The third kappa shape index (κ3) is 2.04. The molecule has 0 radical (unpaired) electrons. The number of methoxy groups -OCH3 is 1. The van der Waals surface area contributed by atoms with Crippen LogP contribution in [0, 0.1) is 0 Å². The number of ether oxygens (including phenoxy) is 1. The molecule has 0 saturated carbocycles. The molecule has 1 aromatic carbocycles. The van der Waals surface area contributed by atoms with Crippen molar-refractivity contribution in [1.82, 2.24) is 4.90 Å². The first-order valence-corrected chi connectivity index (χ1v) is 5.68. The number of nitrogens with zero attached hydrogens (tertiary/aromatic N) is 1. The Bertz CT molecular complexity index is 418. The maximum absolute atomic E-state index is 12.6. The molecule has 0 spiro atoms. The van der Waals surface area contributed by atoms with E-state index >= 15 is 0 Å². The van der Waals surface area contributed by atoms with Gasteiger partial charge in [-0.05, 0) is 34.1 Å². The van der Waals surface area contributed by atoms with Gasteiger partial charge in [-0.15, -0.1) is 0 Å². The summed E-state index contributed by atoms with van der Waals surface area (Å²) in [6, 6.07) is 5.09. The van der Waals surface area contributed by atoms with Crippen LogP contribution < -0.4 is 4.74 Å². The van der Waals surface area contributed by atoms with Crippen LogP contribution in [0.5, 0.6) is 5.75 Å². The molecule has 86 valence electrons. The van der Waals surface area contributed by atoms with Gasteiger partial charge >= 0.3 is 0 Å². The average molecular weight is 288 g/mol. The molecule has 2 rings (SSSR count). The third-order valence-electron chi connectivity index (χ3n) is 2.52. The van der Waals surface area contributed by atoms with Gasteiger partial charge in [0.1, 0.15) is 11.9 Å². The van der Waals surface area contributed by atoms with Crippen LogP contribution in [0.1, 0.15) is 10.4 Å². The highest BCUT2D eigenvalue weighted by Gasteiger charge is 2.31. The van der Waals surface area contributed by atoms with E-state index in [1.165, 1.54) is 12.0 Å². The highest BCUT2D eigenvalue weighted by atomic mass is 79.9. The van der Waals surface area contributed by atoms with E-state index in [0.29, 0.717) is 11.3 Å². The minimum Gasteiger partial charge on any atom is -0.496 e. The smallest absolute Gasteiger partial charge is 0.254 e. The van der Waals surface area contributed by atoms with Crippen molar-refractivity contribution >= 4 is 21.8 Å². The Kier molecular flexibility index (Phi) is 3.14. The lowest BCUT2D eigenvalue weighted by Gasteiger charge is -2.34. The van der Waals surface area contributed by atoms with Gasteiger partial charge < -0.3 is 9.64 Å². The number of halogens is 2. The van der Waals surface area contributed by atoms with Crippen LogP contribution in [0.15, 0.2) is 22.7 Å².